The molecule has 2 unspecified atom stereocenters. The summed E-state index contributed by atoms with van der Waals surface area (Å²) in [6, 6.07) is 10.6. The van der Waals surface area contributed by atoms with E-state index >= 15 is 0 Å². The van der Waals surface area contributed by atoms with Crippen LogP contribution in [-0.2, 0) is 9.53 Å². The SMILES string of the molecule is C#CCOC(=O)[C@H](C)NC(O)(Oc1ccccc1)Oc1nc(N(C)C)nc(C(C)c2c(F)cccc2F)c1C. The van der Waals surface area contributed by atoms with Crippen molar-refractivity contribution >= 4 is 11.9 Å². The molecule has 11 heteroatoms. The van der Waals surface area contributed by atoms with Gasteiger partial charge in [-0.3, -0.25) is 4.79 Å². The number of ether oxygens (including phenoxy) is 3. The average molecular weight is 541 g/mol. The molecular formula is C28H30F2N4O5. The van der Waals surface area contributed by atoms with Gasteiger partial charge in [0, 0.05) is 31.1 Å². The minimum atomic E-state index is -2.65. The quantitative estimate of drug-likeness (QED) is 0.215. The number of nitrogens with one attached hydrogen (secondary N) is 1. The van der Waals surface area contributed by atoms with Crippen LogP contribution < -0.4 is 19.7 Å². The third-order valence-corrected chi connectivity index (χ3v) is 5.65. The van der Waals surface area contributed by atoms with E-state index in [2.05, 4.69) is 21.2 Å². The first-order valence-electron chi connectivity index (χ1n) is 12.0. The molecule has 9 nitrogen and oxygen atoms in total. The molecule has 3 aromatic rings. The van der Waals surface area contributed by atoms with Gasteiger partial charge in [0.2, 0.25) is 11.8 Å². The van der Waals surface area contributed by atoms with Crippen molar-refractivity contribution in [3.63, 3.8) is 0 Å². The third kappa shape index (κ3) is 7.19. The molecule has 206 valence electrons. The number of halogens is 2. The second-order valence-electron chi connectivity index (χ2n) is 8.87. The van der Waals surface area contributed by atoms with E-state index in [1.807, 2.05) is 0 Å². The molecule has 3 atom stereocenters. The van der Waals surface area contributed by atoms with E-state index in [-0.39, 0.29) is 41.0 Å². The van der Waals surface area contributed by atoms with Crippen LogP contribution >= 0.6 is 0 Å². The zero-order valence-corrected chi connectivity index (χ0v) is 22.2. The minimum Gasteiger partial charge on any atom is -0.451 e. The van der Waals surface area contributed by atoms with Crippen molar-refractivity contribution in [2.75, 3.05) is 25.6 Å². The molecule has 0 spiro atoms. The lowest BCUT2D eigenvalue weighted by Crippen LogP contribution is -2.60. The smallest absolute Gasteiger partial charge is 0.443 e. The van der Waals surface area contributed by atoms with Gasteiger partial charge in [0.05, 0.1) is 5.69 Å². The van der Waals surface area contributed by atoms with Gasteiger partial charge >= 0.3 is 12.1 Å². The van der Waals surface area contributed by atoms with E-state index in [0.717, 1.165) is 12.1 Å². The number of hydrogen-bond acceptors (Lipinski definition) is 9. The Hall–Kier alpha value is -4.27. The molecule has 0 saturated heterocycles. The predicted octanol–water partition coefficient (Wildman–Crippen LogP) is 3.50. The maximum absolute atomic E-state index is 14.6. The molecule has 0 amide bonds. The minimum absolute atomic E-state index is 0.137. The number of nitrogens with zero attached hydrogens (tertiary/aromatic N) is 3. The summed E-state index contributed by atoms with van der Waals surface area (Å²) in [6.07, 6.45) is 2.50. The van der Waals surface area contributed by atoms with Gasteiger partial charge < -0.3 is 24.2 Å². The third-order valence-electron chi connectivity index (χ3n) is 5.65. The first kappa shape index (κ1) is 29.3. The Bertz CT molecular complexity index is 1330. The van der Waals surface area contributed by atoms with E-state index in [1.54, 1.807) is 63.2 Å². The highest BCUT2D eigenvalue weighted by Crippen LogP contribution is 2.34. The second kappa shape index (κ2) is 12.5. The Morgan fingerprint density at radius 2 is 1.74 bits per heavy atom. The van der Waals surface area contributed by atoms with Crippen LogP contribution in [-0.4, -0.2) is 53.9 Å². The van der Waals surface area contributed by atoms with Gasteiger partial charge in [-0.15, -0.1) is 6.42 Å². The molecule has 0 aliphatic carbocycles. The summed E-state index contributed by atoms with van der Waals surface area (Å²) in [5.74, 6) is -0.752. The summed E-state index contributed by atoms with van der Waals surface area (Å²) in [5, 5.41) is 14.0. The van der Waals surface area contributed by atoms with Gasteiger partial charge in [-0.25, -0.2) is 19.1 Å². The van der Waals surface area contributed by atoms with Crippen molar-refractivity contribution in [3.05, 3.63) is 77.0 Å². The van der Waals surface area contributed by atoms with Gasteiger partial charge in [0.25, 0.3) is 0 Å². The number of hydrogen-bond donors (Lipinski definition) is 2. The summed E-state index contributed by atoms with van der Waals surface area (Å²) in [7, 11) is 3.34. The molecule has 39 heavy (non-hydrogen) atoms. The molecular weight excluding hydrogens is 510 g/mol. The standard InChI is InChI=1S/C28H30F2N4O5/c1-7-16-37-26(35)19(4)33-28(36,38-20-12-9-8-10-13-20)39-25-18(3)24(31-27(32-25)34(5)6)17(2)23-21(29)14-11-15-22(23)30/h1,8-15,17,19,33,36H,16H2,2-6H3/t17?,19-,28?/m0/s1. The predicted molar refractivity (Wildman–Crippen MR) is 140 cm³/mol. The number of aromatic nitrogens is 2. The number of carbonyl (C=O) groups is 1. The lowest BCUT2D eigenvalue weighted by atomic mass is 9.94. The van der Waals surface area contributed by atoms with E-state index in [9.17, 15) is 18.7 Å². The van der Waals surface area contributed by atoms with Gasteiger partial charge in [-0.05, 0) is 38.1 Å². The fraction of sp³-hybridized carbons (Fsp3) is 0.321. The Morgan fingerprint density at radius 3 is 2.33 bits per heavy atom. The first-order valence-corrected chi connectivity index (χ1v) is 12.0. The van der Waals surface area contributed by atoms with Crippen molar-refractivity contribution in [2.24, 2.45) is 0 Å². The molecule has 0 radical (unpaired) electrons. The molecule has 0 saturated carbocycles. The maximum Gasteiger partial charge on any atom is 0.443 e. The van der Waals surface area contributed by atoms with Crippen molar-refractivity contribution in [1.29, 1.82) is 0 Å². The largest absolute Gasteiger partial charge is 0.451 e. The van der Waals surface area contributed by atoms with Crippen LogP contribution in [0.5, 0.6) is 11.6 Å². The number of terminal acetylenes is 1. The zero-order valence-electron chi connectivity index (χ0n) is 22.2. The van der Waals surface area contributed by atoms with Crippen molar-refractivity contribution in [3.8, 4) is 24.0 Å². The van der Waals surface area contributed by atoms with Crippen LogP contribution in [0, 0.1) is 30.9 Å². The van der Waals surface area contributed by atoms with E-state index < -0.39 is 35.7 Å². The fourth-order valence-electron chi connectivity index (χ4n) is 3.71. The summed E-state index contributed by atoms with van der Waals surface area (Å²) < 4.78 is 45.8. The Kier molecular flexibility index (Phi) is 9.40. The summed E-state index contributed by atoms with van der Waals surface area (Å²) in [6.45, 7) is 4.31. The Morgan fingerprint density at radius 1 is 1.10 bits per heavy atom. The second-order valence-corrected chi connectivity index (χ2v) is 8.87. The highest BCUT2D eigenvalue weighted by molar-refractivity contribution is 5.75. The van der Waals surface area contributed by atoms with Crippen molar-refractivity contribution in [1.82, 2.24) is 15.3 Å². The first-order chi connectivity index (χ1) is 18.5. The number of para-hydroxylation sites is 1. The van der Waals surface area contributed by atoms with E-state index in [0.29, 0.717) is 0 Å². The highest BCUT2D eigenvalue weighted by atomic mass is 19.1. The van der Waals surface area contributed by atoms with Gasteiger partial charge in [0.15, 0.2) is 6.61 Å². The number of esters is 1. The molecule has 1 heterocycles. The summed E-state index contributed by atoms with van der Waals surface area (Å²) >= 11 is 0. The fourth-order valence-corrected chi connectivity index (χ4v) is 3.71. The number of aliphatic hydroxyl groups is 1. The Labute approximate surface area is 225 Å². The molecule has 0 aliphatic rings. The lowest BCUT2D eigenvalue weighted by Gasteiger charge is -2.31. The average Bonchev–Trinajstić information content (AvgIpc) is 2.88. The molecule has 2 N–H and O–H groups in total. The molecule has 0 fully saturated rings. The lowest BCUT2D eigenvalue weighted by molar-refractivity contribution is -0.298. The summed E-state index contributed by atoms with van der Waals surface area (Å²) in [5.41, 5.74) is 0.334. The highest BCUT2D eigenvalue weighted by Gasteiger charge is 2.39. The van der Waals surface area contributed by atoms with Crippen molar-refractivity contribution in [2.45, 2.75) is 38.8 Å². The van der Waals surface area contributed by atoms with Crippen LogP contribution in [0.15, 0.2) is 48.5 Å². The molecule has 1 aromatic heterocycles. The molecule has 2 aromatic carbocycles. The van der Waals surface area contributed by atoms with Gasteiger partial charge in [0.1, 0.15) is 23.4 Å². The van der Waals surface area contributed by atoms with Crippen LogP contribution in [0.2, 0.25) is 0 Å². The number of anilines is 1. The Balaban J connectivity index is 2.07. The molecule has 3 rings (SSSR count). The van der Waals surface area contributed by atoms with Gasteiger partial charge in [-0.2, -0.15) is 4.98 Å². The van der Waals surface area contributed by atoms with Crippen LogP contribution in [0.25, 0.3) is 0 Å². The van der Waals surface area contributed by atoms with E-state index in [1.165, 1.54) is 13.0 Å². The summed E-state index contributed by atoms with van der Waals surface area (Å²) in [4.78, 5) is 22.8. The normalized spacial score (nSPS) is 13.9. The number of carbonyl (C=O) groups excluding carboxylic acids is 1. The monoisotopic (exact) mass is 540 g/mol. The topological polar surface area (TPSA) is 106 Å². The van der Waals surface area contributed by atoms with Crippen molar-refractivity contribution < 1.29 is 32.9 Å². The van der Waals surface area contributed by atoms with Crippen LogP contribution in [0.4, 0.5) is 14.7 Å². The molecule has 0 aliphatic heterocycles. The van der Waals surface area contributed by atoms with Crippen LogP contribution in [0.3, 0.4) is 0 Å². The zero-order chi connectivity index (χ0) is 28.7. The number of rotatable bonds is 11. The maximum atomic E-state index is 14.6. The van der Waals surface area contributed by atoms with Crippen LogP contribution in [0.1, 0.15) is 36.6 Å². The van der Waals surface area contributed by atoms with Gasteiger partial charge in [-0.1, -0.05) is 37.1 Å². The molecule has 0 bridgehead atoms. The van der Waals surface area contributed by atoms with E-state index in [4.69, 9.17) is 20.6 Å². The number of benzene rings is 2.